The number of carboxylic acids is 1. The van der Waals surface area contributed by atoms with Crippen LogP contribution in [-0.4, -0.2) is 28.5 Å². The van der Waals surface area contributed by atoms with E-state index in [9.17, 15) is 14.7 Å². The number of carboxylic acid groups (broad SMARTS) is 1. The number of nitrogens with zero attached hydrogens (tertiary/aromatic N) is 1. The summed E-state index contributed by atoms with van der Waals surface area (Å²) in [4.78, 5) is 28.0. The summed E-state index contributed by atoms with van der Waals surface area (Å²) in [5.74, 6) is -0.444. The number of hydrogen-bond donors (Lipinski definition) is 2. The van der Waals surface area contributed by atoms with Crippen molar-refractivity contribution < 1.29 is 19.4 Å². The monoisotopic (exact) mass is 446 g/mol. The van der Waals surface area contributed by atoms with E-state index < -0.39 is 5.97 Å². The lowest BCUT2D eigenvalue weighted by Crippen LogP contribution is -2.25. The van der Waals surface area contributed by atoms with Crippen molar-refractivity contribution in [2.75, 3.05) is 6.54 Å². The quantitative estimate of drug-likeness (QED) is 0.399. The molecule has 0 saturated carbocycles. The number of rotatable bonds is 7. The van der Waals surface area contributed by atoms with E-state index in [2.05, 4.69) is 10.3 Å². The maximum atomic E-state index is 12.4. The number of aromatic carboxylic acids is 1. The molecule has 32 heavy (non-hydrogen) atoms. The largest absolute Gasteiger partial charge is 0.478 e. The highest BCUT2D eigenvalue weighted by atomic mass is 35.5. The Bertz CT molecular complexity index is 1270. The Labute approximate surface area is 189 Å². The second-order valence-electron chi connectivity index (χ2n) is 7.09. The highest BCUT2D eigenvalue weighted by Crippen LogP contribution is 2.30. The summed E-state index contributed by atoms with van der Waals surface area (Å²) < 4.78 is 5.86. The van der Waals surface area contributed by atoms with Gasteiger partial charge in [0.2, 0.25) is 5.88 Å². The van der Waals surface area contributed by atoms with Crippen molar-refractivity contribution in [2.45, 2.75) is 6.42 Å². The summed E-state index contributed by atoms with van der Waals surface area (Å²) in [7, 11) is 0. The maximum Gasteiger partial charge on any atom is 0.337 e. The molecule has 160 valence electrons. The Hall–Kier alpha value is -3.90. The van der Waals surface area contributed by atoms with E-state index in [1.807, 2.05) is 24.3 Å². The maximum absolute atomic E-state index is 12.4. The highest BCUT2D eigenvalue weighted by Gasteiger charge is 2.14. The van der Waals surface area contributed by atoms with Gasteiger partial charge in [-0.05, 0) is 54.4 Å². The van der Waals surface area contributed by atoms with Gasteiger partial charge in [0, 0.05) is 34.1 Å². The Balaban J connectivity index is 1.42. The first-order valence-electron chi connectivity index (χ1n) is 9.93. The van der Waals surface area contributed by atoms with E-state index in [0.717, 1.165) is 5.56 Å². The summed E-state index contributed by atoms with van der Waals surface area (Å²) in [6.45, 7) is 0.505. The average Bonchev–Trinajstić information content (AvgIpc) is 2.81. The number of fused-ring (bicyclic) bond motifs is 1. The number of benzene rings is 3. The van der Waals surface area contributed by atoms with Crippen LogP contribution in [0.5, 0.6) is 11.6 Å². The third-order valence-electron chi connectivity index (χ3n) is 4.93. The molecule has 0 bridgehead atoms. The molecule has 7 heteroatoms. The molecular formula is C25H19ClN2O4. The molecule has 6 nitrogen and oxygen atoms in total. The SMILES string of the molecule is O=C(NCCc1ccc(Cl)cc1)c1ccc(Oc2ncc(C(=O)O)c3ccccc23)cc1. The third-order valence-corrected chi connectivity index (χ3v) is 5.18. The van der Waals surface area contributed by atoms with E-state index in [4.69, 9.17) is 16.3 Å². The van der Waals surface area contributed by atoms with Gasteiger partial charge < -0.3 is 15.2 Å². The number of carbonyl (C=O) groups is 2. The molecular weight excluding hydrogens is 428 g/mol. The molecule has 1 aromatic heterocycles. The Morgan fingerprint density at radius 1 is 0.938 bits per heavy atom. The molecule has 0 spiro atoms. The van der Waals surface area contributed by atoms with Crippen molar-refractivity contribution in [2.24, 2.45) is 0 Å². The van der Waals surface area contributed by atoms with Gasteiger partial charge >= 0.3 is 5.97 Å². The molecule has 0 saturated heterocycles. The molecule has 1 amide bonds. The van der Waals surface area contributed by atoms with Crippen LogP contribution in [0.15, 0.2) is 79.0 Å². The molecule has 0 aliphatic rings. The first-order chi connectivity index (χ1) is 15.5. The fourth-order valence-electron chi connectivity index (χ4n) is 3.28. The molecule has 2 N–H and O–H groups in total. The molecule has 3 aromatic carbocycles. The van der Waals surface area contributed by atoms with E-state index in [-0.39, 0.29) is 11.5 Å². The highest BCUT2D eigenvalue weighted by molar-refractivity contribution is 6.30. The minimum absolute atomic E-state index is 0.110. The lowest BCUT2D eigenvalue weighted by molar-refractivity contribution is 0.0698. The van der Waals surface area contributed by atoms with Gasteiger partial charge in [0.15, 0.2) is 0 Å². The normalized spacial score (nSPS) is 10.7. The van der Waals surface area contributed by atoms with Crippen LogP contribution in [-0.2, 0) is 6.42 Å². The number of amides is 1. The number of hydrogen-bond acceptors (Lipinski definition) is 4. The van der Waals surface area contributed by atoms with E-state index in [1.54, 1.807) is 48.5 Å². The number of aromatic nitrogens is 1. The van der Waals surface area contributed by atoms with Crippen LogP contribution in [0.3, 0.4) is 0 Å². The van der Waals surface area contributed by atoms with E-state index in [1.165, 1.54) is 6.20 Å². The number of carbonyl (C=O) groups excluding carboxylic acids is 1. The smallest absolute Gasteiger partial charge is 0.337 e. The summed E-state index contributed by atoms with van der Waals surface area (Å²) in [6.07, 6.45) is 1.98. The molecule has 0 fully saturated rings. The topological polar surface area (TPSA) is 88.5 Å². The van der Waals surface area contributed by atoms with Gasteiger partial charge in [-0.2, -0.15) is 0 Å². The van der Waals surface area contributed by atoms with Gasteiger partial charge in [-0.25, -0.2) is 9.78 Å². The summed E-state index contributed by atoms with van der Waals surface area (Å²) in [6, 6.07) is 21.2. The van der Waals surface area contributed by atoms with Gasteiger partial charge in [-0.15, -0.1) is 0 Å². The Morgan fingerprint density at radius 2 is 1.62 bits per heavy atom. The van der Waals surface area contributed by atoms with Crippen LogP contribution in [0, 0.1) is 0 Å². The third kappa shape index (κ3) is 4.87. The molecule has 4 aromatic rings. The number of halogens is 1. The second-order valence-corrected chi connectivity index (χ2v) is 7.52. The fourth-order valence-corrected chi connectivity index (χ4v) is 3.40. The zero-order valence-corrected chi connectivity index (χ0v) is 17.7. The fraction of sp³-hybridized carbons (Fsp3) is 0.0800. The molecule has 0 aliphatic carbocycles. The van der Waals surface area contributed by atoms with Gasteiger partial charge in [0.25, 0.3) is 5.91 Å². The predicted octanol–water partition coefficient (Wildman–Crippen LogP) is 5.35. The molecule has 0 unspecified atom stereocenters. The first-order valence-corrected chi connectivity index (χ1v) is 10.3. The van der Waals surface area contributed by atoms with Crippen molar-refractivity contribution in [3.05, 3.63) is 101 Å². The zero-order chi connectivity index (χ0) is 22.5. The standard InChI is InChI=1S/C25H19ClN2O4/c26-18-9-5-16(6-10-18)13-14-27-23(29)17-7-11-19(12-8-17)32-24-21-4-2-1-3-20(21)22(15-28-24)25(30)31/h1-12,15H,13-14H2,(H,27,29)(H,30,31). The van der Waals surface area contributed by atoms with Crippen LogP contribution in [0.2, 0.25) is 5.02 Å². The van der Waals surface area contributed by atoms with Crippen molar-refractivity contribution >= 4 is 34.2 Å². The average molecular weight is 447 g/mol. The van der Waals surface area contributed by atoms with Crippen LogP contribution in [0.4, 0.5) is 0 Å². The predicted molar refractivity (Wildman–Crippen MR) is 123 cm³/mol. The minimum Gasteiger partial charge on any atom is -0.478 e. The molecule has 1 heterocycles. The molecule has 4 rings (SSSR count). The van der Waals surface area contributed by atoms with Crippen molar-refractivity contribution in [3.8, 4) is 11.6 Å². The second kappa shape index (κ2) is 9.49. The lowest BCUT2D eigenvalue weighted by Gasteiger charge is -2.10. The van der Waals surface area contributed by atoms with Crippen LogP contribution in [0.25, 0.3) is 10.8 Å². The van der Waals surface area contributed by atoms with Crippen molar-refractivity contribution in [1.82, 2.24) is 10.3 Å². The van der Waals surface area contributed by atoms with E-state index >= 15 is 0 Å². The van der Waals surface area contributed by atoms with Crippen LogP contribution >= 0.6 is 11.6 Å². The number of nitrogens with one attached hydrogen (secondary N) is 1. The summed E-state index contributed by atoms with van der Waals surface area (Å²) in [5, 5.41) is 14.1. The lowest BCUT2D eigenvalue weighted by atomic mass is 10.1. The van der Waals surface area contributed by atoms with Gasteiger partial charge in [0.05, 0.1) is 5.56 Å². The molecule has 0 radical (unpaired) electrons. The Morgan fingerprint density at radius 3 is 2.31 bits per heavy atom. The van der Waals surface area contributed by atoms with Gasteiger partial charge in [0.1, 0.15) is 5.75 Å². The number of pyridine rings is 1. The van der Waals surface area contributed by atoms with Gasteiger partial charge in [-0.1, -0.05) is 41.9 Å². The Kier molecular flexibility index (Phi) is 6.33. The zero-order valence-electron chi connectivity index (χ0n) is 16.9. The van der Waals surface area contributed by atoms with Crippen molar-refractivity contribution in [3.63, 3.8) is 0 Å². The molecule has 0 aliphatic heterocycles. The minimum atomic E-state index is -1.05. The van der Waals surface area contributed by atoms with Crippen LogP contribution < -0.4 is 10.1 Å². The van der Waals surface area contributed by atoms with Gasteiger partial charge in [-0.3, -0.25) is 4.79 Å². The van der Waals surface area contributed by atoms with Crippen molar-refractivity contribution in [1.29, 1.82) is 0 Å². The summed E-state index contributed by atoms with van der Waals surface area (Å²) in [5.41, 5.74) is 1.71. The molecule has 0 atom stereocenters. The van der Waals surface area contributed by atoms with E-state index in [0.29, 0.717) is 46.0 Å². The summed E-state index contributed by atoms with van der Waals surface area (Å²) >= 11 is 5.88. The van der Waals surface area contributed by atoms with Crippen LogP contribution in [0.1, 0.15) is 26.3 Å². The number of ether oxygens (including phenoxy) is 1. The first kappa shape index (κ1) is 21.3.